The minimum atomic E-state index is -0.924. The lowest BCUT2D eigenvalue weighted by Gasteiger charge is -2.31. The molecule has 1 amide bonds. The van der Waals surface area contributed by atoms with Gasteiger partial charge in [-0.05, 0) is 36.5 Å². The van der Waals surface area contributed by atoms with Crippen molar-refractivity contribution in [2.75, 3.05) is 32.7 Å². The smallest absolute Gasteiger partial charge is 0.313 e. The number of aliphatic carboxylic acids is 1. The molecule has 146 valence electrons. The molecule has 4 rings (SSSR count). The summed E-state index contributed by atoms with van der Waals surface area (Å²) in [5, 5.41) is 9.90. The Hall–Kier alpha value is -2.02. The van der Waals surface area contributed by atoms with E-state index in [4.69, 9.17) is 0 Å². The molecule has 2 heterocycles. The van der Waals surface area contributed by atoms with Crippen molar-refractivity contribution in [3.8, 4) is 0 Å². The van der Waals surface area contributed by atoms with Crippen LogP contribution in [0.1, 0.15) is 24.8 Å². The lowest BCUT2D eigenvalue weighted by molar-refractivity contribution is -0.149. The number of likely N-dealkylation sites (tertiary alicyclic amines) is 2. The number of amides is 1. The maximum atomic E-state index is 13.3. The third-order valence-electron chi connectivity index (χ3n) is 6.48. The lowest BCUT2D eigenvalue weighted by atomic mass is 9.81. The summed E-state index contributed by atoms with van der Waals surface area (Å²) < 4.78 is 26.7. The predicted octanol–water partition coefficient (Wildman–Crippen LogP) is 2.15. The Morgan fingerprint density at radius 2 is 1.81 bits per heavy atom. The molecule has 3 fully saturated rings. The number of carbonyl (C=O) groups excluding carboxylic acids is 1. The van der Waals surface area contributed by atoms with E-state index in [1.807, 2.05) is 0 Å². The van der Waals surface area contributed by atoms with Gasteiger partial charge in [-0.2, -0.15) is 0 Å². The summed E-state index contributed by atoms with van der Waals surface area (Å²) in [6, 6.07) is 3.06. The fraction of sp³-hybridized carbons (Fsp3) is 0.600. The first-order valence-electron chi connectivity index (χ1n) is 9.54. The van der Waals surface area contributed by atoms with Crippen LogP contribution >= 0.6 is 0 Å². The van der Waals surface area contributed by atoms with Gasteiger partial charge in [-0.3, -0.25) is 9.59 Å². The third-order valence-corrected chi connectivity index (χ3v) is 6.48. The summed E-state index contributed by atoms with van der Waals surface area (Å²) in [6.07, 6.45) is 3.57. The molecule has 1 aromatic rings. The fourth-order valence-corrected chi connectivity index (χ4v) is 4.84. The topological polar surface area (TPSA) is 60.9 Å². The van der Waals surface area contributed by atoms with Gasteiger partial charge in [0.2, 0.25) is 5.91 Å². The van der Waals surface area contributed by atoms with Gasteiger partial charge < -0.3 is 14.9 Å². The van der Waals surface area contributed by atoms with Crippen LogP contribution in [0.15, 0.2) is 18.2 Å². The van der Waals surface area contributed by atoms with Crippen LogP contribution in [-0.4, -0.2) is 59.5 Å². The van der Waals surface area contributed by atoms with Crippen LogP contribution in [0.2, 0.25) is 0 Å². The van der Waals surface area contributed by atoms with E-state index in [-0.39, 0.29) is 30.4 Å². The van der Waals surface area contributed by atoms with E-state index in [0.717, 1.165) is 24.7 Å². The van der Waals surface area contributed by atoms with Crippen molar-refractivity contribution in [2.24, 2.45) is 17.3 Å². The summed E-state index contributed by atoms with van der Waals surface area (Å²) in [4.78, 5) is 28.5. The van der Waals surface area contributed by atoms with E-state index in [9.17, 15) is 23.5 Å². The average molecular weight is 378 g/mol. The van der Waals surface area contributed by atoms with Crippen molar-refractivity contribution < 1.29 is 23.5 Å². The number of benzene rings is 1. The Labute approximate surface area is 156 Å². The number of fused-ring (bicyclic) bond motifs is 1. The molecule has 1 aliphatic carbocycles. The van der Waals surface area contributed by atoms with Crippen LogP contribution in [0, 0.1) is 28.9 Å². The SMILES string of the molecule is O=C(Cc1cc(F)cc(F)c1)N1C[C@H]2CN(CC3CCC3)C[C@@]2(C(=O)O)C1. The van der Waals surface area contributed by atoms with E-state index in [1.54, 1.807) is 4.90 Å². The normalized spacial score (nSPS) is 28.2. The molecule has 0 spiro atoms. The predicted molar refractivity (Wildman–Crippen MR) is 94.0 cm³/mol. The third kappa shape index (κ3) is 3.45. The first kappa shape index (κ1) is 18.3. The molecule has 2 aliphatic heterocycles. The second-order valence-electron chi connectivity index (χ2n) is 8.38. The Kier molecular flexibility index (Phi) is 4.66. The van der Waals surface area contributed by atoms with E-state index >= 15 is 0 Å². The molecule has 1 saturated carbocycles. The van der Waals surface area contributed by atoms with Crippen molar-refractivity contribution in [1.82, 2.24) is 9.80 Å². The van der Waals surface area contributed by atoms with Gasteiger partial charge in [0.25, 0.3) is 0 Å². The number of nitrogens with zero attached hydrogens (tertiary/aromatic N) is 2. The van der Waals surface area contributed by atoms with Gasteiger partial charge in [0.1, 0.15) is 17.0 Å². The number of hydrogen-bond acceptors (Lipinski definition) is 3. The fourth-order valence-electron chi connectivity index (χ4n) is 4.84. The minimum Gasteiger partial charge on any atom is -0.481 e. The molecule has 0 aromatic heterocycles. The second kappa shape index (κ2) is 6.86. The van der Waals surface area contributed by atoms with Crippen molar-refractivity contribution in [3.05, 3.63) is 35.4 Å². The zero-order valence-electron chi connectivity index (χ0n) is 15.2. The summed E-state index contributed by atoms with van der Waals surface area (Å²) in [5.74, 6) is -1.98. The van der Waals surface area contributed by atoms with Gasteiger partial charge in [-0.1, -0.05) is 6.42 Å². The first-order valence-corrected chi connectivity index (χ1v) is 9.54. The number of halogens is 2. The minimum absolute atomic E-state index is 0.0942. The standard InChI is InChI=1S/C20H24F2N2O3/c21-16-4-14(5-17(22)7-16)6-18(25)24-10-15-9-23(8-13-2-1-3-13)11-20(15,12-24)19(26)27/h4-5,7,13,15H,1-3,6,8-12H2,(H,26,27)/t15-,20-/m1/s1. The zero-order valence-corrected chi connectivity index (χ0v) is 15.2. The molecule has 0 radical (unpaired) electrons. The van der Waals surface area contributed by atoms with E-state index in [0.29, 0.717) is 25.6 Å². The van der Waals surface area contributed by atoms with Crippen molar-refractivity contribution >= 4 is 11.9 Å². The van der Waals surface area contributed by atoms with Crippen LogP contribution in [0.25, 0.3) is 0 Å². The molecule has 2 atom stereocenters. The largest absolute Gasteiger partial charge is 0.481 e. The highest BCUT2D eigenvalue weighted by molar-refractivity contribution is 5.83. The van der Waals surface area contributed by atoms with Crippen LogP contribution in [-0.2, 0) is 16.0 Å². The van der Waals surface area contributed by atoms with Crippen LogP contribution in [0.5, 0.6) is 0 Å². The molecule has 0 unspecified atom stereocenters. The molecule has 3 aliphatic rings. The monoisotopic (exact) mass is 378 g/mol. The average Bonchev–Trinajstić information content (AvgIpc) is 3.04. The summed E-state index contributed by atoms with van der Waals surface area (Å²) in [6.45, 7) is 2.68. The summed E-state index contributed by atoms with van der Waals surface area (Å²) in [7, 11) is 0. The first-order chi connectivity index (χ1) is 12.9. The molecular weight excluding hydrogens is 354 g/mol. The van der Waals surface area contributed by atoms with E-state index in [2.05, 4.69) is 4.90 Å². The van der Waals surface area contributed by atoms with Gasteiger partial charge in [-0.15, -0.1) is 0 Å². The Bertz CT molecular complexity index is 747. The summed E-state index contributed by atoms with van der Waals surface area (Å²) in [5.41, 5.74) is -0.655. The molecule has 0 bridgehead atoms. The molecule has 5 nitrogen and oxygen atoms in total. The molecular formula is C20H24F2N2O3. The van der Waals surface area contributed by atoms with Crippen LogP contribution in [0.3, 0.4) is 0 Å². The Morgan fingerprint density at radius 3 is 2.37 bits per heavy atom. The number of carbonyl (C=O) groups is 2. The summed E-state index contributed by atoms with van der Waals surface area (Å²) >= 11 is 0. The number of carboxylic acids is 1. The van der Waals surface area contributed by atoms with Crippen LogP contribution in [0.4, 0.5) is 8.78 Å². The molecule has 1 N–H and O–H groups in total. The maximum absolute atomic E-state index is 13.3. The van der Waals surface area contributed by atoms with Gasteiger partial charge in [0.05, 0.1) is 6.42 Å². The molecule has 7 heteroatoms. The van der Waals surface area contributed by atoms with E-state index in [1.165, 1.54) is 19.3 Å². The Balaban J connectivity index is 1.43. The van der Waals surface area contributed by atoms with Gasteiger partial charge in [0.15, 0.2) is 0 Å². The zero-order chi connectivity index (χ0) is 19.2. The van der Waals surface area contributed by atoms with Crippen molar-refractivity contribution in [2.45, 2.75) is 25.7 Å². The van der Waals surface area contributed by atoms with Gasteiger partial charge >= 0.3 is 5.97 Å². The maximum Gasteiger partial charge on any atom is 0.313 e. The number of carboxylic acid groups (broad SMARTS) is 1. The molecule has 1 aromatic carbocycles. The van der Waals surface area contributed by atoms with Crippen LogP contribution < -0.4 is 0 Å². The van der Waals surface area contributed by atoms with Crippen molar-refractivity contribution in [3.63, 3.8) is 0 Å². The highest BCUT2D eigenvalue weighted by Crippen LogP contribution is 2.44. The van der Waals surface area contributed by atoms with Gasteiger partial charge in [-0.25, -0.2) is 8.78 Å². The van der Waals surface area contributed by atoms with E-state index < -0.39 is 23.0 Å². The highest BCUT2D eigenvalue weighted by Gasteiger charge is 2.58. The highest BCUT2D eigenvalue weighted by atomic mass is 19.1. The van der Waals surface area contributed by atoms with Gasteiger partial charge in [0, 0.05) is 44.7 Å². The molecule has 27 heavy (non-hydrogen) atoms. The van der Waals surface area contributed by atoms with Crippen molar-refractivity contribution in [1.29, 1.82) is 0 Å². The number of hydrogen-bond donors (Lipinski definition) is 1. The lowest BCUT2D eigenvalue weighted by Crippen LogP contribution is -2.43. The Morgan fingerprint density at radius 1 is 1.11 bits per heavy atom. The quantitative estimate of drug-likeness (QED) is 0.853. The number of rotatable bonds is 5. The second-order valence-corrected chi connectivity index (χ2v) is 8.38. The molecule has 2 saturated heterocycles.